The van der Waals surface area contributed by atoms with Crippen molar-refractivity contribution in [2.75, 3.05) is 6.54 Å². The van der Waals surface area contributed by atoms with Crippen LogP contribution in [-0.2, 0) is 0 Å². The largest absolute Gasteiger partial charge is 0.313 e. The molecule has 1 fully saturated rings. The lowest BCUT2D eigenvalue weighted by Gasteiger charge is -2.17. The van der Waals surface area contributed by atoms with Crippen molar-refractivity contribution in [3.8, 4) is 12.3 Å². The Balaban J connectivity index is 2.11. The highest BCUT2D eigenvalue weighted by Crippen LogP contribution is 2.23. The van der Waals surface area contributed by atoms with Gasteiger partial charge in [0, 0.05) is 12.5 Å². The summed E-state index contributed by atoms with van der Waals surface area (Å²) in [6, 6.07) is 0.547. The minimum absolute atomic E-state index is 0.547. The Morgan fingerprint density at radius 2 is 2.15 bits per heavy atom. The van der Waals surface area contributed by atoms with E-state index in [0.717, 1.165) is 18.8 Å². The summed E-state index contributed by atoms with van der Waals surface area (Å²) < 4.78 is 0. The van der Waals surface area contributed by atoms with Crippen LogP contribution in [0.4, 0.5) is 0 Å². The molecular weight excluding hydrogens is 158 g/mol. The normalized spacial score (nSPS) is 20.0. The van der Waals surface area contributed by atoms with Crippen LogP contribution in [0, 0.1) is 18.3 Å². The molecule has 1 rings (SSSR count). The summed E-state index contributed by atoms with van der Waals surface area (Å²) in [5, 5.41) is 3.57. The van der Waals surface area contributed by atoms with Gasteiger partial charge in [0.1, 0.15) is 0 Å². The number of nitrogens with one attached hydrogen (secondary N) is 1. The molecule has 1 unspecified atom stereocenters. The highest BCUT2D eigenvalue weighted by molar-refractivity contribution is 4.89. The molecule has 0 radical (unpaired) electrons. The van der Waals surface area contributed by atoms with E-state index in [1.54, 1.807) is 0 Å². The number of hydrogen-bond donors (Lipinski definition) is 1. The molecule has 0 aromatic carbocycles. The van der Waals surface area contributed by atoms with Crippen molar-refractivity contribution >= 4 is 0 Å². The Hall–Kier alpha value is -0.480. The zero-order valence-electron chi connectivity index (χ0n) is 8.68. The maximum atomic E-state index is 5.30. The van der Waals surface area contributed by atoms with Crippen LogP contribution < -0.4 is 5.32 Å². The van der Waals surface area contributed by atoms with Crippen molar-refractivity contribution in [2.45, 2.75) is 51.5 Å². The topological polar surface area (TPSA) is 12.0 Å². The first kappa shape index (κ1) is 10.6. The molecule has 0 amide bonds. The van der Waals surface area contributed by atoms with Gasteiger partial charge in [-0.2, -0.15) is 0 Å². The minimum atomic E-state index is 0.547. The number of hydrogen-bond acceptors (Lipinski definition) is 1. The molecule has 0 aliphatic heterocycles. The maximum Gasteiger partial charge on any atom is 0.0240 e. The first-order valence-corrected chi connectivity index (χ1v) is 5.53. The van der Waals surface area contributed by atoms with E-state index in [1.165, 1.54) is 32.2 Å². The smallest absolute Gasteiger partial charge is 0.0240 e. The van der Waals surface area contributed by atoms with Gasteiger partial charge in [-0.3, -0.25) is 0 Å². The van der Waals surface area contributed by atoms with Crippen LogP contribution in [0.1, 0.15) is 45.4 Å². The van der Waals surface area contributed by atoms with Gasteiger partial charge in [-0.05, 0) is 31.7 Å². The lowest BCUT2D eigenvalue weighted by atomic mass is 10.1. The molecule has 0 aromatic rings. The van der Waals surface area contributed by atoms with Crippen molar-refractivity contribution in [1.82, 2.24) is 5.32 Å². The van der Waals surface area contributed by atoms with Gasteiger partial charge in [0.2, 0.25) is 0 Å². The van der Waals surface area contributed by atoms with Crippen LogP contribution in [-0.4, -0.2) is 12.6 Å². The number of rotatable bonds is 5. The van der Waals surface area contributed by atoms with Crippen molar-refractivity contribution in [2.24, 2.45) is 5.92 Å². The highest BCUT2D eigenvalue weighted by Gasteiger charge is 2.15. The van der Waals surface area contributed by atoms with Crippen molar-refractivity contribution in [3.63, 3.8) is 0 Å². The molecule has 74 valence electrons. The Morgan fingerprint density at radius 1 is 1.46 bits per heavy atom. The molecule has 1 atom stereocenters. The molecule has 0 heterocycles. The molecule has 1 nitrogen and oxygen atoms in total. The fraction of sp³-hybridized carbons (Fsp3) is 0.833. The molecule has 0 saturated heterocycles. The van der Waals surface area contributed by atoms with Crippen LogP contribution in [0.3, 0.4) is 0 Å². The summed E-state index contributed by atoms with van der Waals surface area (Å²) in [4.78, 5) is 0. The predicted molar refractivity (Wildman–Crippen MR) is 57.5 cm³/mol. The van der Waals surface area contributed by atoms with Crippen molar-refractivity contribution < 1.29 is 0 Å². The molecule has 0 aromatic heterocycles. The first-order valence-electron chi connectivity index (χ1n) is 5.53. The number of terminal acetylenes is 1. The fourth-order valence-electron chi connectivity index (χ4n) is 2.05. The van der Waals surface area contributed by atoms with Gasteiger partial charge in [0.15, 0.2) is 0 Å². The Labute approximate surface area is 82.3 Å². The molecule has 1 N–H and O–H groups in total. The van der Waals surface area contributed by atoms with Crippen LogP contribution in [0.5, 0.6) is 0 Å². The van der Waals surface area contributed by atoms with E-state index in [2.05, 4.69) is 18.2 Å². The lowest BCUT2D eigenvalue weighted by molar-refractivity contribution is 0.427. The van der Waals surface area contributed by atoms with Crippen molar-refractivity contribution in [1.29, 1.82) is 0 Å². The summed E-state index contributed by atoms with van der Waals surface area (Å²) in [5.74, 6) is 3.65. The van der Waals surface area contributed by atoms with Gasteiger partial charge < -0.3 is 5.32 Å². The third kappa shape index (κ3) is 3.83. The molecule has 13 heavy (non-hydrogen) atoms. The summed E-state index contributed by atoms with van der Waals surface area (Å²) in [6.07, 6.45) is 13.0. The van der Waals surface area contributed by atoms with Crippen LogP contribution in [0.25, 0.3) is 0 Å². The van der Waals surface area contributed by atoms with E-state index in [0.29, 0.717) is 6.04 Å². The second-order valence-electron chi connectivity index (χ2n) is 4.07. The maximum absolute atomic E-state index is 5.30. The van der Waals surface area contributed by atoms with Crippen LogP contribution in [0.15, 0.2) is 0 Å². The predicted octanol–water partition coefficient (Wildman–Crippen LogP) is 2.57. The first-order chi connectivity index (χ1) is 6.36. The third-order valence-corrected chi connectivity index (χ3v) is 3.03. The van der Waals surface area contributed by atoms with Gasteiger partial charge in [-0.15, -0.1) is 12.3 Å². The van der Waals surface area contributed by atoms with Crippen LogP contribution in [0.2, 0.25) is 0 Å². The highest BCUT2D eigenvalue weighted by atomic mass is 14.9. The van der Waals surface area contributed by atoms with Gasteiger partial charge >= 0.3 is 0 Å². The SMILES string of the molecule is C#CCC(CC)NCC1CCCC1. The summed E-state index contributed by atoms with van der Waals surface area (Å²) in [7, 11) is 0. The zero-order chi connectivity index (χ0) is 9.52. The van der Waals surface area contributed by atoms with Crippen molar-refractivity contribution in [3.05, 3.63) is 0 Å². The molecule has 1 aliphatic rings. The summed E-state index contributed by atoms with van der Waals surface area (Å²) in [5.41, 5.74) is 0. The van der Waals surface area contributed by atoms with E-state index >= 15 is 0 Å². The minimum Gasteiger partial charge on any atom is -0.313 e. The van der Waals surface area contributed by atoms with E-state index in [9.17, 15) is 0 Å². The second-order valence-corrected chi connectivity index (χ2v) is 4.07. The zero-order valence-corrected chi connectivity index (χ0v) is 8.68. The van der Waals surface area contributed by atoms with E-state index < -0.39 is 0 Å². The van der Waals surface area contributed by atoms with Gasteiger partial charge in [0.05, 0.1) is 0 Å². The van der Waals surface area contributed by atoms with Crippen LogP contribution >= 0.6 is 0 Å². The third-order valence-electron chi connectivity index (χ3n) is 3.03. The van der Waals surface area contributed by atoms with E-state index in [4.69, 9.17) is 6.42 Å². The van der Waals surface area contributed by atoms with Gasteiger partial charge in [-0.1, -0.05) is 19.8 Å². The lowest BCUT2D eigenvalue weighted by Crippen LogP contribution is -2.31. The standard InChI is InChI=1S/C12H21N/c1-3-7-12(4-2)13-10-11-8-5-6-9-11/h1,11-13H,4-10H2,2H3. The Morgan fingerprint density at radius 3 is 2.69 bits per heavy atom. The molecule has 0 spiro atoms. The fourth-order valence-corrected chi connectivity index (χ4v) is 2.05. The molecule has 1 heteroatoms. The Bertz CT molecular complexity index is 162. The summed E-state index contributed by atoms with van der Waals surface area (Å²) in [6.45, 7) is 3.38. The van der Waals surface area contributed by atoms with Gasteiger partial charge in [0.25, 0.3) is 0 Å². The average molecular weight is 179 g/mol. The summed E-state index contributed by atoms with van der Waals surface area (Å²) >= 11 is 0. The average Bonchev–Trinajstić information content (AvgIpc) is 2.64. The molecular formula is C12H21N. The van der Waals surface area contributed by atoms with E-state index in [-0.39, 0.29) is 0 Å². The second kappa shape index (κ2) is 6.05. The molecule has 1 saturated carbocycles. The quantitative estimate of drug-likeness (QED) is 0.640. The molecule has 0 bridgehead atoms. The van der Waals surface area contributed by atoms with E-state index in [1.807, 2.05) is 0 Å². The van der Waals surface area contributed by atoms with Gasteiger partial charge in [-0.25, -0.2) is 0 Å². The molecule has 1 aliphatic carbocycles. The Kier molecular flexibility index (Phi) is 4.93. The monoisotopic (exact) mass is 179 g/mol.